The lowest BCUT2D eigenvalue weighted by molar-refractivity contribution is 0.0978. The van der Waals surface area contributed by atoms with Gasteiger partial charge in [-0.25, -0.2) is 0 Å². The smallest absolute Gasteiger partial charge is 0.272 e. The van der Waals surface area contributed by atoms with Gasteiger partial charge in [0.25, 0.3) is 10.1 Å². The minimum atomic E-state index is -4.34. The zero-order chi connectivity index (χ0) is 25.8. The van der Waals surface area contributed by atoms with Crippen LogP contribution in [0.15, 0.2) is 127 Å². The molecule has 0 amide bonds. The van der Waals surface area contributed by atoms with E-state index in [1.807, 2.05) is 66.7 Å². The Morgan fingerprint density at radius 1 is 0.667 bits per heavy atom. The number of hydrogen-bond donors (Lipinski definition) is 1. The fourth-order valence-electron chi connectivity index (χ4n) is 3.41. The van der Waals surface area contributed by atoms with Crippen LogP contribution in [0.1, 0.15) is 43.5 Å². The second kappa shape index (κ2) is 13.1. The molecule has 1 atom stereocenters. The van der Waals surface area contributed by atoms with Gasteiger partial charge in [-0.1, -0.05) is 127 Å². The summed E-state index contributed by atoms with van der Waals surface area (Å²) >= 11 is 0. The first-order valence-electron chi connectivity index (χ1n) is 11.3. The molecule has 4 aromatic rings. The molecule has 0 radical (unpaired) electrons. The fourth-order valence-corrected chi connectivity index (χ4v) is 4.27. The molecule has 0 heterocycles. The number of allylic oxidation sites excluding steroid dienone is 1. The molecule has 0 aromatic heterocycles. The molecule has 5 nitrogen and oxygen atoms in total. The van der Waals surface area contributed by atoms with Gasteiger partial charge in [-0.2, -0.15) is 8.42 Å². The first kappa shape index (κ1) is 26.5. The van der Waals surface area contributed by atoms with Crippen molar-refractivity contribution in [1.29, 1.82) is 0 Å². The van der Waals surface area contributed by atoms with Crippen molar-refractivity contribution < 1.29 is 22.6 Å². The van der Waals surface area contributed by atoms with Gasteiger partial charge in [-0.15, -0.1) is 0 Å². The summed E-state index contributed by atoms with van der Waals surface area (Å²) in [6.07, 6.45) is 3.15. The molecule has 1 unspecified atom stereocenters. The third-order valence-electron chi connectivity index (χ3n) is 5.28. The number of benzene rings is 4. The maximum Gasteiger partial charge on any atom is 0.272 e. The zero-order valence-corrected chi connectivity index (χ0v) is 20.3. The number of rotatable bonds is 8. The summed E-state index contributed by atoms with van der Waals surface area (Å²) in [4.78, 5) is 23.8. The normalized spacial score (nSPS) is 11.8. The molecule has 0 spiro atoms. The van der Waals surface area contributed by atoms with Crippen molar-refractivity contribution in [2.75, 3.05) is 0 Å². The summed E-state index contributed by atoms with van der Waals surface area (Å²) in [6, 6.07) is 35.7. The minimum Gasteiger partial charge on any atom is -0.294 e. The third kappa shape index (κ3) is 8.27. The van der Waals surface area contributed by atoms with Crippen molar-refractivity contribution in [3.63, 3.8) is 0 Å². The van der Waals surface area contributed by atoms with Crippen molar-refractivity contribution in [2.24, 2.45) is 0 Å². The molecule has 4 aromatic carbocycles. The molecule has 36 heavy (non-hydrogen) atoms. The molecule has 0 aliphatic heterocycles. The lowest BCUT2D eigenvalue weighted by Gasteiger charge is -2.13. The van der Waals surface area contributed by atoms with Crippen LogP contribution in [0.25, 0.3) is 6.08 Å². The van der Waals surface area contributed by atoms with Crippen LogP contribution in [0.2, 0.25) is 0 Å². The number of hydrogen-bond acceptors (Lipinski definition) is 4. The van der Waals surface area contributed by atoms with E-state index >= 15 is 0 Å². The molecule has 0 aliphatic carbocycles. The van der Waals surface area contributed by atoms with E-state index < -0.39 is 15.4 Å². The standard InChI is InChI=1S/C15H14O4S.C15H12O/c16-14(12-7-3-1-4-8-12)11-15(20(17,18)19)13-9-5-2-6-10-13;16-15(14-9-5-2-6-10-14)12-11-13-7-3-1-4-8-13/h1-10,15H,11H2,(H,17,18,19);1-12H/b;12-11+. The van der Waals surface area contributed by atoms with E-state index in [0.29, 0.717) is 11.1 Å². The Balaban J connectivity index is 0.000000205. The van der Waals surface area contributed by atoms with Crippen molar-refractivity contribution in [2.45, 2.75) is 11.7 Å². The lowest BCUT2D eigenvalue weighted by Crippen LogP contribution is -2.16. The maximum absolute atomic E-state index is 12.1. The topological polar surface area (TPSA) is 88.5 Å². The Kier molecular flexibility index (Phi) is 9.63. The highest BCUT2D eigenvalue weighted by atomic mass is 32.2. The molecule has 6 heteroatoms. The number of ketones is 2. The van der Waals surface area contributed by atoms with Crippen molar-refractivity contribution in [3.8, 4) is 0 Å². The fraction of sp³-hybridized carbons (Fsp3) is 0.0667. The monoisotopic (exact) mass is 498 g/mol. The van der Waals surface area contributed by atoms with E-state index in [0.717, 1.165) is 11.1 Å². The highest BCUT2D eigenvalue weighted by Gasteiger charge is 2.28. The Morgan fingerprint density at radius 3 is 1.61 bits per heavy atom. The van der Waals surface area contributed by atoms with Crippen LogP contribution in [-0.4, -0.2) is 24.5 Å². The predicted molar refractivity (Wildman–Crippen MR) is 142 cm³/mol. The molecule has 1 N–H and O–H groups in total. The average molecular weight is 499 g/mol. The average Bonchev–Trinajstić information content (AvgIpc) is 2.92. The molecule has 182 valence electrons. The number of Topliss-reactive ketones (excluding diaryl/α,β-unsaturated/α-hetero) is 1. The van der Waals surface area contributed by atoms with Gasteiger partial charge < -0.3 is 0 Å². The Morgan fingerprint density at radius 2 is 1.11 bits per heavy atom. The maximum atomic E-state index is 12.1. The van der Waals surface area contributed by atoms with Gasteiger partial charge in [0.05, 0.1) is 0 Å². The summed E-state index contributed by atoms with van der Waals surface area (Å²) in [7, 11) is -4.34. The number of carbonyl (C=O) groups excluding carboxylic acids is 2. The highest BCUT2D eigenvalue weighted by Crippen LogP contribution is 2.26. The van der Waals surface area contributed by atoms with Crippen LogP contribution in [0, 0.1) is 0 Å². The van der Waals surface area contributed by atoms with Gasteiger partial charge in [0, 0.05) is 17.5 Å². The first-order valence-corrected chi connectivity index (χ1v) is 12.8. The van der Waals surface area contributed by atoms with Gasteiger partial charge in [-0.3, -0.25) is 14.1 Å². The molecule has 4 rings (SSSR count). The molecular weight excluding hydrogens is 472 g/mol. The quantitative estimate of drug-likeness (QED) is 0.171. The minimum absolute atomic E-state index is 0.0319. The number of carbonyl (C=O) groups is 2. The van der Waals surface area contributed by atoms with E-state index in [4.69, 9.17) is 0 Å². The van der Waals surface area contributed by atoms with Gasteiger partial charge in [0.1, 0.15) is 5.25 Å². The molecular formula is C30H26O5S. The van der Waals surface area contributed by atoms with Gasteiger partial charge in [0.2, 0.25) is 0 Å². The van der Waals surface area contributed by atoms with Crippen molar-refractivity contribution in [1.82, 2.24) is 0 Å². The zero-order valence-electron chi connectivity index (χ0n) is 19.5. The van der Waals surface area contributed by atoms with Gasteiger partial charge in [0.15, 0.2) is 11.6 Å². The summed E-state index contributed by atoms with van der Waals surface area (Å²) < 4.78 is 32.4. The molecule has 0 saturated carbocycles. The highest BCUT2D eigenvalue weighted by molar-refractivity contribution is 7.86. The summed E-state index contributed by atoms with van der Waals surface area (Å²) in [5.74, 6) is -0.290. The molecule has 0 bridgehead atoms. The van der Waals surface area contributed by atoms with Crippen LogP contribution in [0.5, 0.6) is 0 Å². The second-order valence-electron chi connectivity index (χ2n) is 7.88. The van der Waals surface area contributed by atoms with Crippen LogP contribution in [0.4, 0.5) is 0 Å². The SMILES string of the molecule is O=C(/C=C/c1ccccc1)c1ccccc1.O=C(CC(c1ccccc1)S(=O)(=O)O)c1ccccc1. The Hall–Kier alpha value is -4.13. The van der Waals surface area contributed by atoms with E-state index in [9.17, 15) is 22.6 Å². The van der Waals surface area contributed by atoms with Crippen LogP contribution in [-0.2, 0) is 10.1 Å². The first-order chi connectivity index (χ1) is 17.3. The van der Waals surface area contributed by atoms with Crippen molar-refractivity contribution >= 4 is 27.8 Å². The van der Waals surface area contributed by atoms with Crippen LogP contribution in [0.3, 0.4) is 0 Å². The van der Waals surface area contributed by atoms with Crippen molar-refractivity contribution in [3.05, 3.63) is 150 Å². The second-order valence-corrected chi connectivity index (χ2v) is 9.48. The van der Waals surface area contributed by atoms with Crippen LogP contribution < -0.4 is 0 Å². The summed E-state index contributed by atoms with van der Waals surface area (Å²) in [5, 5.41) is -1.24. The van der Waals surface area contributed by atoms with E-state index in [1.54, 1.807) is 66.7 Å². The predicted octanol–water partition coefficient (Wildman–Crippen LogP) is 6.47. The summed E-state index contributed by atoms with van der Waals surface area (Å²) in [5.41, 5.74) is 2.58. The molecule has 0 aliphatic rings. The van der Waals surface area contributed by atoms with E-state index in [-0.39, 0.29) is 18.0 Å². The lowest BCUT2D eigenvalue weighted by atomic mass is 10.0. The molecule has 0 fully saturated rings. The largest absolute Gasteiger partial charge is 0.294 e. The summed E-state index contributed by atoms with van der Waals surface area (Å²) in [6.45, 7) is 0. The third-order valence-corrected chi connectivity index (χ3v) is 6.44. The van der Waals surface area contributed by atoms with Gasteiger partial charge >= 0.3 is 0 Å². The van der Waals surface area contributed by atoms with E-state index in [2.05, 4.69) is 0 Å². The van der Waals surface area contributed by atoms with Gasteiger partial charge in [-0.05, 0) is 17.2 Å². The Labute approximate surface area is 211 Å². The molecule has 0 saturated heterocycles. The van der Waals surface area contributed by atoms with Crippen LogP contribution >= 0.6 is 0 Å². The van der Waals surface area contributed by atoms with E-state index in [1.165, 1.54) is 0 Å². The Bertz CT molecular complexity index is 1380.